The third-order valence-corrected chi connectivity index (χ3v) is 5.06. The van der Waals surface area contributed by atoms with Crippen molar-refractivity contribution in [1.82, 2.24) is 4.90 Å². The van der Waals surface area contributed by atoms with E-state index in [9.17, 15) is 4.39 Å². The molecule has 3 aliphatic rings. The molecule has 2 heterocycles. The number of nitrogens with zero attached hydrogens (tertiary/aromatic N) is 1. The minimum atomic E-state index is -0.581. The number of hydrogen-bond donors (Lipinski definition) is 0. The summed E-state index contributed by atoms with van der Waals surface area (Å²) in [7, 11) is 0. The lowest BCUT2D eigenvalue weighted by Crippen LogP contribution is -2.68. The molecule has 3 atom stereocenters. The second-order valence-electron chi connectivity index (χ2n) is 6.79. The fourth-order valence-corrected chi connectivity index (χ4v) is 3.85. The highest BCUT2D eigenvalue weighted by Crippen LogP contribution is 2.43. The first-order valence-electron chi connectivity index (χ1n) is 7.05. The highest BCUT2D eigenvalue weighted by molar-refractivity contribution is 5.02. The molecule has 1 aliphatic carbocycles. The zero-order valence-electron chi connectivity index (χ0n) is 11.0. The van der Waals surface area contributed by atoms with E-state index >= 15 is 0 Å². The van der Waals surface area contributed by atoms with E-state index in [1.165, 1.54) is 6.42 Å². The molecule has 0 aromatic heterocycles. The molecule has 1 spiro atoms. The van der Waals surface area contributed by atoms with Crippen LogP contribution in [0.25, 0.3) is 0 Å². The molecular formula is C14H24FNO. The highest BCUT2D eigenvalue weighted by atomic mass is 19.1. The summed E-state index contributed by atoms with van der Waals surface area (Å²) in [4.78, 5) is 2.49. The summed E-state index contributed by atoms with van der Waals surface area (Å²) in [6.07, 6.45) is 2.45. The molecule has 1 saturated carbocycles. The predicted molar refractivity (Wildman–Crippen MR) is 65.7 cm³/mol. The van der Waals surface area contributed by atoms with Gasteiger partial charge < -0.3 is 4.74 Å². The summed E-state index contributed by atoms with van der Waals surface area (Å²) in [5.74, 6) is 0.794. The summed E-state index contributed by atoms with van der Waals surface area (Å²) in [5, 5.41) is 0. The van der Waals surface area contributed by atoms with Gasteiger partial charge in [0.2, 0.25) is 0 Å². The molecule has 2 nitrogen and oxygen atoms in total. The zero-order chi connectivity index (χ0) is 12.0. The minimum absolute atomic E-state index is 0.300. The largest absolute Gasteiger partial charge is 0.380 e. The van der Waals surface area contributed by atoms with E-state index < -0.39 is 6.17 Å². The lowest BCUT2D eigenvalue weighted by atomic mass is 9.73. The van der Waals surface area contributed by atoms with Gasteiger partial charge in [0.15, 0.2) is 0 Å². The average Bonchev–Trinajstić information content (AvgIpc) is 2.12. The van der Waals surface area contributed by atoms with Crippen molar-refractivity contribution >= 4 is 0 Å². The van der Waals surface area contributed by atoms with Crippen molar-refractivity contribution in [1.29, 1.82) is 0 Å². The van der Waals surface area contributed by atoms with E-state index in [-0.39, 0.29) is 0 Å². The predicted octanol–water partition coefficient (Wildman–Crippen LogP) is 2.48. The molecule has 0 radical (unpaired) electrons. The Balaban J connectivity index is 1.51. The first-order valence-corrected chi connectivity index (χ1v) is 7.05. The SMILES string of the molecule is CC(C)C1CCC(N2CC3(COC3)C2)CC1F. The van der Waals surface area contributed by atoms with Crippen molar-refractivity contribution in [2.24, 2.45) is 17.3 Å². The van der Waals surface area contributed by atoms with Gasteiger partial charge in [-0.05, 0) is 31.1 Å². The van der Waals surface area contributed by atoms with E-state index in [4.69, 9.17) is 4.74 Å². The Morgan fingerprint density at radius 3 is 2.41 bits per heavy atom. The molecule has 2 saturated heterocycles. The summed E-state index contributed by atoms with van der Waals surface area (Å²) >= 11 is 0. The van der Waals surface area contributed by atoms with Crippen LogP contribution >= 0.6 is 0 Å². The Hall–Kier alpha value is -0.150. The van der Waals surface area contributed by atoms with Crippen molar-refractivity contribution in [3.05, 3.63) is 0 Å². The fraction of sp³-hybridized carbons (Fsp3) is 1.00. The molecule has 3 rings (SSSR count). The summed E-state index contributed by atoms with van der Waals surface area (Å²) in [5.41, 5.74) is 0.473. The molecule has 0 aromatic rings. The molecule has 0 aromatic carbocycles. The zero-order valence-corrected chi connectivity index (χ0v) is 11.0. The van der Waals surface area contributed by atoms with Gasteiger partial charge >= 0.3 is 0 Å². The van der Waals surface area contributed by atoms with Crippen LogP contribution < -0.4 is 0 Å². The van der Waals surface area contributed by atoms with Crippen molar-refractivity contribution in [2.75, 3.05) is 26.3 Å². The molecule has 98 valence electrons. The third kappa shape index (κ3) is 2.01. The Morgan fingerprint density at radius 1 is 1.24 bits per heavy atom. The maximum atomic E-state index is 14.1. The molecule has 17 heavy (non-hydrogen) atoms. The van der Waals surface area contributed by atoms with Gasteiger partial charge in [-0.3, -0.25) is 4.90 Å². The van der Waals surface area contributed by atoms with Crippen LogP contribution in [0.5, 0.6) is 0 Å². The first-order chi connectivity index (χ1) is 8.10. The Morgan fingerprint density at radius 2 is 1.94 bits per heavy atom. The van der Waals surface area contributed by atoms with E-state index in [2.05, 4.69) is 18.7 Å². The maximum Gasteiger partial charge on any atom is 0.105 e. The van der Waals surface area contributed by atoms with E-state index in [0.29, 0.717) is 23.3 Å². The maximum absolute atomic E-state index is 14.1. The monoisotopic (exact) mass is 241 g/mol. The molecule has 2 aliphatic heterocycles. The fourth-order valence-electron chi connectivity index (χ4n) is 3.85. The summed E-state index contributed by atoms with van der Waals surface area (Å²) < 4.78 is 19.4. The number of ether oxygens (including phenoxy) is 1. The molecule has 0 amide bonds. The van der Waals surface area contributed by atoms with Crippen LogP contribution in [0.2, 0.25) is 0 Å². The molecule has 3 unspecified atom stereocenters. The lowest BCUT2D eigenvalue weighted by Gasteiger charge is -2.58. The van der Waals surface area contributed by atoms with Gasteiger partial charge in [0.1, 0.15) is 6.17 Å². The van der Waals surface area contributed by atoms with E-state index in [0.717, 1.165) is 39.1 Å². The Kier molecular flexibility index (Phi) is 2.94. The van der Waals surface area contributed by atoms with Crippen LogP contribution in [0.3, 0.4) is 0 Å². The minimum Gasteiger partial charge on any atom is -0.380 e. The van der Waals surface area contributed by atoms with Gasteiger partial charge in [0.25, 0.3) is 0 Å². The van der Waals surface area contributed by atoms with Gasteiger partial charge in [-0.1, -0.05) is 13.8 Å². The molecular weight excluding hydrogens is 217 g/mol. The standard InChI is InChI=1S/C14H24FNO/c1-10(2)12-4-3-11(5-13(12)15)16-6-14(7-16)8-17-9-14/h10-13H,3-9H2,1-2H3. The number of hydrogen-bond acceptors (Lipinski definition) is 2. The molecule has 0 N–H and O–H groups in total. The summed E-state index contributed by atoms with van der Waals surface area (Å²) in [6, 6.07) is 0.506. The van der Waals surface area contributed by atoms with Crippen LogP contribution in [0.1, 0.15) is 33.1 Å². The molecule has 0 bridgehead atoms. The quantitative estimate of drug-likeness (QED) is 0.736. The highest BCUT2D eigenvalue weighted by Gasteiger charge is 2.51. The number of rotatable bonds is 2. The average molecular weight is 241 g/mol. The van der Waals surface area contributed by atoms with Gasteiger partial charge in [0, 0.05) is 24.5 Å². The smallest absolute Gasteiger partial charge is 0.105 e. The van der Waals surface area contributed by atoms with E-state index in [1.54, 1.807) is 0 Å². The van der Waals surface area contributed by atoms with Crippen LogP contribution in [0.15, 0.2) is 0 Å². The van der Waals surface area contributed by atoms with Crippen molar-refractivity contribution < 1.29 is 9.13 Å². The van der Waals surface area contributed by atoms with Gasteiger partial charge in [-0.25, -0.2) is 4.39 Å². The van der Waals surface area contributed by atoms with Crippen LogP contribution in [-0.4, -0.2) is 43.4 Å². The van der Waals surface area contributed by atoms with Crippen molar-refractivity contribution in [3.8, 4) is 0 Å². The van der Waals surface area contributed by atoms with Crippen LogP contribution in [-0.2, 0) is 4.74 Å². The van der Waals surface area contributed by atoms with Crippen LogP contribution in [0, 0.1) is 17.3 Å². The van der Waals surface area contributed by atoms with Gasteiger partial charge in [0.05, 0.1) is 13.2 Å². The van der Waals surface area contributed by atoms with Crippen molar-refractivity contribution in [3.63, 3.8) is 0 Å². The molecule has 3 fully saturated rings. The second-order valence-corrected chi connectivity index (χ2v) is 6.79. The Bertz CT molecular complexity index is 282. The Labute approximate surface area is 104 Å². The van der Waals surface area contributed by atoms with E-state index in [1.807, 2.05) is 0 Å². The van der Waals surface area contributed by atoms with Crippen LogP contribution in [0.4, 0.5) is 4.39 Å². The van der Waals surface area contributed by atoms with Gasteiger partial charge in [-0.2, -0.15) is 0 Å². The normalized spacial score (nSPS) is 41.3. The second kappa shape index (κ2) is 4.20. The number of halogens is 1. The van der Waals surface area contributed by atoms with Gasteiger partial charge in [-0.15, -0.1) is 0 Å². The lowest BCUT2D eigenvalue weighted by molar-refractivity contribution is -0.202. The number of alkyl halides is 1. The molecule has 3 heteroatoms. The first kappa shape index (κ1) is 11.9. The third-order valence-electron chi connectivity index (χ3n) is 5.06. The van der Waals surface area contributed by atoms with Crippen molar-refractivity contribution in [2.45, 2.75) is 45.3 Å². The summed E-state index contributed by atoms with van der Waals surface area (Å²) in [6.45, 7) is 8.48. The topological polar surface area (TPSA) is 12.5 Å². The number of likely N-dealkylation sites (tertiary alicyclic amines) is 1.